The first kappa shape index (κ1) is 12.0. The number of fused-ring (bicyclic) bond motifs is 1. The molecule has 1 aromatic carbocycles. The van der Waals surface area contributed by atoms with Crippen molar-refractivity contribution in [3.05, 3.63) is 47.2 Å². The number of hydrogen-bond acceptors (Lipinski definition) is 4. The zero-order valence-electron chi connectivity index (χ0n) is 11.1. The number of anilines is 1. The number of carbonyl (C=O) groups excluding carboxylic acids is 1. The molecule has 0 atom stereocenters. The van der Waals surface area contributed by atoms with Gasteiger partial charge in [0.2, 0.25) is 5.89 Å². The third kappa shape index (κ3) is 2.14. The fourth-order valence-corrected chi connectivity index (χ4v) is 2.41. The van der Waals surface area contributed by atoms with Gasteiger partial charge in [0, 0.05) is 24.2 Å². The van der Waals surface area contributed by atoms with Crippen LogP contribution in [0.1, 0.15) is 34.1 Å². The molecule has 0 spiro atoms. The van der Waals surface area contributed by atoms with Crippen molar-refractivity contribution in [2.45, 2.75) is 26.8 Å². The van der Waals surface area contributed by atoms with Crippen LogP contribution < -0.4 is 4.90 Å². The Bertz CT molecular complexity index is 611. The van der Waals surface area contributed by atoms with Gasteiger partial charge in [-0.3, -0.25) is 4.79 Å². The van der Waals surface area contributed by atoms with E-state index in [1.54, 1.807) is 0 Å². The molecule has 1 aliphatic rings. The predicted molar refractivity (Wildman–Crippen MR) is 72.4 cm³/mol. The smallest absolute Gasteiger partial charge is 0.214 e. The maximum absolute atomic E-state index is 11.9. The van der Waals surface area contributed by atoms with E-state index in [1.165, 1.54) is 0 Å². The first-order chi connectivity index (χ1) is 9.15. The number of Topliss-reactive ketones (excluding diaryl/α,β-unsaturated/α-hetero) is 1. The highest BCUT2D eigenvalue weighted by atomic mass is 16.4. The van der Waals surface area contributed by atoms with Gasteiger partial charge < -0.3 is 9.32 Å². The highest BCUT2D eigenvalue weighted by Gasteiger charge is 2.23. The third-order valence-electron chi connectivity index (χ3n) is 3.55. The maximum atomic E-state index is 11.9. The van der Waals surface area contributed by atoms with Crippen molar-refractivity contribution in [1.29, 1.82) is 0 Å². The molecule has 2 aromatic rings. The van der Waals surface area contributed by atoms with Crippen LogP contribution in [-0.2, 0) is 6.54 Å². The molecule has 0 saturated heterocycles. The van der Waals surface area contributed by atoms with Crippen molar-refractivity contribution >= 4 is 11.5 Å². The van der Waals surface area contributed by atoms with Gasteiger partial charge in [0.05, 0.1) is 12.2 Å². The normalized spacial score (nSPS) is 14.6. The lowest BCUT2D eigenvalue weighted by atomic mass is 10.0. The minimum atomic E-state index is 0.214. The van der Waals surface area contributed by atoms with E-state index in [0.717, 1.165) is 29.2 Å². The fraction of sp³-hybridized carbons (Fsp3) is 0.333. The second-order valence-electron chi connectivity index (χ2n) is 4.86. The van der Waals surface area contributed by atoms with E-state index >= 15 is 0 Å². The minimum absolute atomic E-state index is 0.214. The SMILES string of the molecule is Cc1nc(CN2CCC(=O)c3ccccc32)oc1C. The average molecular weight is 256 g/mol. The molecular weight excluding hydrogens is 240 g/mol. The van der Waals surface area contributed by atoms with Gasteiger partial charge in [-0.2, -0.15) is 0 Å². The summed E-state index contributed by atoms with van der Waals surface area (Å²) in [6.45, 7) is 5.19. The van der Waals surface area contributed by atoms with Crippen LogP contribution in [0, 0.1) is 13.8 Å². The number of rotatable bonds is 2. The number of aryl methyl sites for hydroxylation is 2. The number of oxazole rings is 1. The lowest BCUT2D eigenvalue weighted by Crippen LogP contribution is -2.31. The molecule has 0 amide bonds. The Morgan fingerprint density at radius 1 is 1.32 bits per heavy atom. The molecule has 19 heavy (non-hydrogen) atoms. The lowest BCUT2D eigenvalue weighted by Gasteiger charge is -2.29. The summed E-state index contributed by atoms with van der Waals surface area (Å²) in [5.74, 6) is 1.78. The second kappa shape index (κ2) is 4.53. The summed E-state index contributed by atoms with van der Waals surface area (Å²) in [6, 6.07) is 7.72. The Balaban J connectivity index is 1.90. The topological polar surface area (TPSA) is 46.3 Å². The van der Waals surface area contributed by atoms with Crippen LogP contribution in [0.5, 0.6) is 0 Å². The molecule has 0 aliphatic carbocycles. The molecule has 2 heterocycles. The van der Waals surface area contributed by atoms with Crippen LogP contribution in [0.3, 0.4) is 0 Å². The maximum Gasteiger partial charge on any atom is 0.214 e. The number of aromatic nitrogens is 1. The molecule has 0 radical (unpaired) electrons. The number of carbonyl (C=O) groups is 1. The second-order valence-corrected chi connectivity index (χ2v) is 4.86. The van der Waals surface area contributed by atoms with Gasteiger partial charge in [0.15, 0.2) is 5.78 Å². The van der Waals surface area contributed by atoms with Crippen LogP contribution in [0.25, 0.3) is 0 Å². The summed E-state index contributed by atoms with van der Waals surface area (Å²) in [5.41, 5.74) is 2.71. The standard InChI is InChI=1S/C15H16N2O2/c1-10-11(2)19-15(16-10)9-17-8-7-14(18)12-5-3-4-6-13(12)17/h3-6H,7-9H2,1-2H3. The summed E-state index contributed by atoms with van der Waals surface area (Å²) in [6.07, 6.45) is 0.551. The number of para-hydroxylation sites is 1. The molecule has 3 rings (SSSR count). The van der Waals surface area contributed by atoms with Gasteiger partial charge in [-0.1, -0.05) is 12.1 Å². The molecule has 4 nitrogen and oxygen atoms in total. The number of hydrogen-bond donors (Lipinski definition) is 0. The quantitative estimate of drug-likeness (QED) is 0.829. The van der Waals surface area contributed by atoms with Crippen molar-refractivity contribution in [3.8, 4) is 0 Å². The number of benzene rings is 1. The van der Waals surface area contributed by atoms with E-state index < -0.39 is 0 Å². The number of nitrogens with zero attached hydrogens (tertiary/aromatic N) is 2. The molecule has 98 valence electrons. The summed E-state index contributed by atoms with van der Waals surface area (Å²) in [4.78, 5) is 18.4. The zero-order valence-corrected chi connectivity index (χ0v) is 11.1. The van der Waals surface area contributed by atoms with Crippen LogP contribution in [0.2, 0.25) is 0 Å². The van der Waals surface area contributed by atoms with Gasteiger partial charge in [-0.15, -0.1) is 0 Å². The Morgan fingerprint density at radius 3 is 2.84 bits per heavy atom. The molecule has 0 saturated carbocycles. The lowest BCUT2D eigenvalue weighted by molar-refractivity contribution is 0.0979. The Hall–Kier alpha value is -2.10. The van der Waals surface area contributed by atoms with Gasteiger partial charge in [-0.05, 0) is 26.0 Å². The summed E-state index contributed by atoms with van der Waals surface area (Å²) >= 11 is 0. The van der Waals surface area contributed by atoms with Crippen molar-refractivity contribution in [2.24, 2.45) is 0 Å². The molecular formula is C15H16N2O2. The third-order valence-corrected chi connectivity index (χ3v) is 3.55. The van der Waals surface area contributed by atoms with Crippen LogP contribution >= 0.6 is 0 Å². The molecule has 1 aliphatic heterocycles. The fourth-order valence-electron chi connectivity index (χ4n) is 2.41. The van der Waals surface area contributed by atoms with Gasteiger partial charge >= 0.3 is 0 Å². The van der Waals surface area contributed by atoms with E-state index in [4.69, 9.17) is 4.42 Å². The van der Waals surface area contributed by atoms with Crippen LogP contribution in [-0.4, -0.2) is 17.3 Å². The van der Waals surface area contributed by atoms with Crippen molar-refractivity contribution in [3.63, 3.8) is 0 Å². The van der Waals surface area contributed by atoms with Crippen LogP contribution in [0.4, 0.5) is 5.69 Å². The van der Waals surface area contributed by atoms with Gasteiger partial charge in [0.25, 0.3) is 0 Å². The van der Waals surface area contributed by atoms with Gasteiger partial charge in [-0.25, -0.2) is 4.98 Å². The molecule has 0 unspecified atom stereocenters. The summed E-state index contributed by atoms with van der Waals surface area (Å²) in [7, 11) is 0. The average Bonchev–Trinajstić information content (AvgIpc) is 2.72. The molecule has 0 N–H and O–H groups in total. The minimum Gasteiger partial charge on any atom is -0.444 e. The summed E-state index contributed by atoms with van der Waals surface area (Å²) in [5, 5.41) is 0. The highest BCUT2D eigenvalue weighted by molar-refractivity contribution is 6.03. The van der Waals surface area contributed by atoms with Gasteiger partial charge in [0.1, 0.15) is 5.76 Å². The molecule has 4 heteroatoms. The van der Waals surface area contributed by atoms with Crippen molar-refractivity contribution in [1.82, 2.24) is 4.98 Å². The molecule has 1 aromatic heterocycles. The predicted octanol–water partition coefficient (Wildman–Crippen LogP) is 2.88. The van der Waals surface area contributed by atoms with E-state index in [1.807, 2.05) is 38.1 Å². The van der Waals surface area contributed by atoms with Crippen molar-refractivity contribution < 1.29 is 9.21 Å². The first-order valence-corrected chi connectivity index (χ1v) is 6.45. The zero-order chi connectivity index (χ0) is 13.4. The first-order valence-electron chi connectivity index (χ1n) is 6.45. The summed E-state index contributed by atoms with van der Waals surface area (Å²) < 4.78 is 5.62. The van der Waals surface area contributed by atoms with E-state index in [0.29, 0.717) is 18.9 Å². The van der Waals surface area contributed by atoms with E-state index in [9.17, 15) is 4.79 Å². The van der Waals surface area contributed by atoms with Crippen molar-refractivity contribution in [2.75, 3.05) is 11.4 Å². The molecule has 0 fully saturated rings. The van der Waals surface area contributed by atoms with E-state index in [2.05, 4.69) is 9.88 Å². The number of ketones is 1. The Kier molecular flexibility index (Phi) is 2.85. The monoisotopic (exact) mass is 256 g/mol. The highest BCUT2D eigenvalue weighted by Crippen LogP contribution is 2.28. The Labute approximate surface area is 112 Å². The Morgan fingerprint density at radius 2 is 2.11 bits per heavy atom. The molecule has 0 bridgehead atoms. The van der Waals surface area contributed by atoms with Crippen LogP contribution in [0.15, 0.2) is 28.7 Å². The van der Waals surface area contributed by atoms with E-state index in [-0.39, 0.29) is 5.78 Å². The largest absolute Gasteiger partial charge is 0.444 e.